The molecule has 0 fully saturated rings. The summed E-state index contributed by atoms with van der Waals surface area (Å²) in [6, 6.07) is 22.5. The minimum absolute atomic E-state index is 0.0323. The van der Waals surface area contributed by atoms with Crippen LogP contribution < -0.4 is 10.6 Å². The zero-order valence-electron chi connectivity index (χ0n) is 21.1. The van der Waals surface area contributed by atoms with E-state index in [9.17, 15) is 14.9 Å². The van der Waals surface area contributed by atoms with Gasteiger partial charge in [0.05, 0.1) is 10.5 Å². The summed E-state index contributed by atoms with van der Waals surface area (Å²) in [5, 5.41) is 16.9. The van der Waals surface area contributed by atoms with Gasteiger partial charge < -0.3 is 14.2 Å². The molecule has 0 radical (unpaired) electrons. The number of thiocarbonyl (C=S) groups is 1. The van der Waals surface area contributed by atoms with Crippen LogP contribution in [0.3, 0.4) is 0 Å². The van der Waals surface area contributed by atoms with Crippen LogP contribution in [0.25, 0.3) is 33.9 Å². The average molecular weight is 541 g/mol. The van der Waals surface area contributed by atoms with Crippen molar-refractivity contribution in [2.75, 3.05) is 5.32 Å². The highest BCUT2D eigenvalue weighted by Crippen LogP contribution is 2.31. The molecule has 0 aliphatic rings. The smallest absolute Gasteiger partial charge is 0.293 e. The number of carbonyl (C=O) groups is 1. The Morgan fingerprint density at radius 1 is 1.05 bits per heavy atom. The van der Waals surface area contributed by atoms with Crippen molar-refractivity contribution in [3.63, 3.8) is 0 Å². The van der Waals surface area contributed by atoms with Crippen molar-refractivity contribution in [2.45, 2.75) is 26.2 Å². The maximum absolute atomic E-state index is 12.6. The third kappa shape index (κ3) is 5.55. The van der Waals surface area contributed by atoms with Gasteiger partial charge in [0.1, 0.15) is 11.3 Å². The first-order chi connectivity index (χ1) is 18.8. The summed E-state index contributed by atoms with van der Waals surface area (Å²) < 4.78 is 11.5. The molecule has 5 aromatic rings. The SMILES string of the molecule is CC[C@H](C)c1ccc2oc(-c3ccc(NC(=S)NC(=O)c4ccc(-c5ccccc5[N+](=O)[O-])o4)cc3)nc2c1. The number of oxazole rings is 1. The van der Waals surface area contributed by atoms with Crippen LogP contribution in [0.2, 0.25) is 0 Å². The van der Waals surface area contributed by atoms with Crippen molar-refractivity contribution in [1.29, 1.82) is 0 Å². The lowest BCUT2D eigenvalue weighted by atomic mass is 9.98. The predicted molar refractivity (Wildman–Crippen MR) is 153 cm³/mol. The Morgan fingerprint density at radius 3 is 2.56 bits per heavy atom. The lowest BCUT2D eigenvalue weighted by Crippen LogP contribution is -2.33. The number of rotatable bonds is 7. The predicted octanol–water partition coefficient (Wildman–Crippen LogP) is 7.30. The molecule has 2 heterocycles. The second-order valence-corrected chi connectivity index (χ2v) is 9.39. The van der Waals surface area contributed by atoms with Crippen molar-refractivity contribution < 1.29 is 18.6 Å². The Balaban J connectivity index is 1.23. The number of fused-ring (bicyclic) bond motifs is 1. The number of para-hydroxylation sites is 1. The number of nitrogens with one attached hydrogen (secondary N) is 2. The van der Waals surface area contributed by atoms with Gasteiger partial charge in [0.15, 0.2) is 16.5 Å². The fourth-order valence-corrected chi connectivity index (χ4v) is 4.29. The van der Waals surface area contributed by atoms with Crippen LogP contribution >= 0.6 is 12.2 Å². The van der Waals surface area contributed by atoms with Gasteiger partial charge in [0.2, 0.25) is 5.89 Å². The molecule has 0 spiro atoms. The van der Waals surface area contributed by atoms with E-state index in [1.807, 2.05) is 18.2 Å². The lowest BCUT2D eigenvalue weighted by Gasteiger charge is -2.09. The van der Waals surface area contributed by atoms with Gasteiger partial charge >= 0.3 is 0 Å². The Hall–Kier alpha value is -4.83. The summed E-state index contributed by atoms with van der Waals surface area (Å²) in [5.74, 6) is 0.551. The number of aromatic nitrogens is 1. The van der Waals surface area contributed by atoms with Crippen molar-refractivity contribution in [2.24, 2.45) is 0 Å². The highest BCUT2D eigenvalue weighted by atomic mass is 32.1. The standard InChI is InChI=1S/C29H24N4O5S/c1-3-17(2)19-10-13-25-22(16-19)31-28(38-25)18-8-11-20(12-9-18)30-29(39)32-27(34)26-15-14-24(37-26)21-6-4-5-7-23(21)33(35)36/h4-17H,3H2,1-2H3,(H2,30,32,34,39)/t17-/m0/s1. The van der Waals surface area contributed by atoms with E-state index in [1.54, 1.807) is 30.3 Å². The molecule has 10 heteroatoms. The Kier molecular flexibility index (Phi) is 7.20. The number of hydrogen-bond acceptors (Lipinski definition) is 7. The zero-order valence-corrected chi connectivity index (χ0v) is 22.0. The van der Waals surface area contributed by atoms with Gasteiger partial charge in [0.25, 0.3) is 11.6 Å². The molecule has 0 unspecified atom stereocenters. The third-order valence-electron chi connectivity index (χ3n) is 6.41. The first kappa shape index (κ1) is 25.8. The van der Waals surface area contributed by atoms with Crippen molar-refractivity contribution in [1.82, 2.24) is 10.3 Å². The maximum Gasteiger partial charge on any atom is 0.293 e. The van der Waals surface area contributed by atoms with E-state index in [0.717, 1.165) is 23.1 Å². The molecule has 3 aromatic carbocycles. The van der Waals surface area contributed by atoms with Gasteiger partial charge in [-0.2, -0.15) is 0 Å². The van der Waals surface area contributed by atoms with Crippen LogP contribution in [-0.2, 0) is 0 Å². The van der Waals surface area contributed by atoms with Gasteiger partial charge in [-0.3, -0.25) is 20.2 Å². The monoisotopic (exact) mass is 540 g/mol. The molecule has 1 atom stereocenters. The summed E-state index contributed by atoms with van der Waals surface area (Å²) in [4.78, 5) is 28.1. The van der Waals surface area contributed by atoms with E-state index in [-0.39, 0.29) is 27.9 Å². The third-order valence-corrected chi connectivity index (χ3v) is 6.61. The van der Waals surface area contributed by atoms with E-state index < -0.39 is 10.8 Å². The molecule has 2 N–H and O–H groups in total. The van der Waals surface area contributed by atoms with E-state index in [0.29, 0.717) is 17.5 Å². The van der Waals surface area contributed by atoms with E-state index in [2.05, 4.69) is 41.6 Å². The molecule has 0 bridgehead atoms. The van der Waals surface area contributed by atoms with Gasteiger partial charge in [-0.1, -0.05) is 32.0 Å². The van der Waals surface area contributed by atoms with E-state index in [1.165, 1.54) is 23.8 Å². The average Bonchev–Trinajstić information content (AvgIpc) is 3.60. The summed E-state index contributed by atoms with van der Waals surface area (Å²) in [6.07, 6.45) is 1.05. The Labute approximate surface area is 229 Å². The molecular formula is C29H24N4O5S. The van der Waals surface area contributed by atoms with Gasteiger partial charge in [-0.05, 0) is 84.7 Å². The molecule has 0 aliphatic carbocycles. The molecule has 0 saturated carbocycles. The topological polar surface area (TPSA) is 123 Å². The summed E-state index contributed by atoms with van der Waals surface area (Å²) in [7, 11) is 0. The number of carbonyl (C=O) groups excluding carboxylic acids is 1. The first-order valence-electron chi connectivity index (χ1n) is 12.3. The Morgan fingerprint density at radius 2 is 1.82 bits per heavy atom. The van der Waals surface area contributed by atoms with Gasteiger partial charge in [-0.15, -0.1) is 0 Å². The van der Waals surface area contributed by atoms with Crippen LogP contribution in [0, 0.1) is 10.1 Å². The second-order valence-electron chi connectivity index (χ2n) is 8.98. The van der Waals surface area contributed by atoms with Gasteiger partial charge in [0, 0.05) is 17.3 Å². The maximum atomic E-state index is 12.6. The molecule has 1 amide bonds. The van der Waals surface area contributed by atoms with Crippen molar-refractivity contribution in [3.05, 3.63) is 100 Å². The number of amides is 1. The lowest BCUT2D eigenvalue weighted by molar-refractivity contribution is -0.384. The molecule has 0 aliphatic heterocycles. The fourth-order valence-electron chi connectivity index (χ4n) is 4.08. The molecule has 9 nitrogen and oxygen atoms in total. The van der Waals surface area contributed by atoms with E-state index in [4.69, 9.17) is 21.1 Å². The number of nitro groups is 1. The molecule has 196 valence electrons. The summed E-state index contributed by atoms with van der Waals surface area (Å²) >= 11 is 5.28. The number of anilines is 1. The number of benzene rings is 3. The largest absolute Gasteiger partial charge is 0.451 e. The minimum Gasteiger partial charge on any atom is -0.451 e. The van der Waals surface area contributed by atoms with Crippen molar-refractivity contribution >= 4 is 45.7 Å². The van der Waals surface area contributed by atoms with E-state index >= 15 is 0 Å². The molecule has 39 heavy (non-hydrogen) atoms. The second kappa shape index (κ2) is 10.9. The number of hydrogen-bond donors (Lipinski definition) is 2. The number of nitrogens with zero attached hydrogens (tertiary/aromatic N) is 2. The molecule has 0 saturated heterocycles. The summed E-state index contributed by atoms with van der Waals surface area (Å²) in [6.45, 7) is 4.34. The summed E-state index contributed by atoms with van der Waals surface area (Å²) in [5.41, 5.74) is 4.38. The molecule has 5 rings (SSSR count). The highest BCUT2D eigenvalue weighted by Gasteiger charge is 2.20. The van der Waals surface area contributed by atoms with Crippen LogP contribution in [-0.4, -0.2) is 20.9 Å². The van der Waals surface area contributed by atoms with Crippen molar-refractivity contribution in [3.8, 4) is 22.8 Å². The normalized spacial score (nSPS) is 11.7. The minimum atomic E-state index is -0.586. The van der Waals surface area contributed by atoms with Crippen LogP contribution in [0.1, 0.15) is 42.3 Å². The zero-order chi connectivity index (χ0) is 27.5. The number of furan rings is 1. The Bertz CT molecular complexity index is 1690. The number of nitro benzene ring substituents is 1. The first-order valence-corrected chi connectivity index (χ1v) is 12.7. The van der Waals surface area contributed by atoms with Crippen LogP contribution in [0.15, 0.2) is 87.7 Å². The van der Waals surface area contributed by atoms with Crippen LogP contribution in [0.5, 0.6) is 0 Å². The fraction of sp³-hybridized carbons (Fsp3) is 0.138. The molecular weight excluding hydrogens is 516 g/mol. The quantitative estimate of drug-likeness (QED) is 0.125. The highest BCUT2D eigenvalue weighted by molar-refractivity contribution is 7.80. The van der Waals surface area contributed by atoms with Crippen LogP contribution in [0.4, 0.5) is 11.4 Å². The van der Waals surface area contributed by atoms with Gasteiger partial charge in [-0.25, -0.2) is 4.98 Å². The molecule has 2 aromatic heterocycles.